The van der Waals surface area contributed by atoms with Crippen LogP contribution in [0.2, 0.25) is 0 Å². The summed E-state index contributed by atoms with van der Waals surface area (Å²) in [6, 6.07) is 5.97. The van der Waals surface area contributed by atoms with Gasteiger partial charge in [-0.2, -0.15) is 0 Å². The van der Waals surface area contributed by atoms with E-state index in [1.807, 2.05) is 57.5 Å². The minimum absolute atomic E-state index is 0.0300. The number of aromatic nitrogens is 2. The first-order valence-electron chi connectivity index (χ1n) is 8.72. The maximum atomic E-state index is 12.7. The number of hydrogen-bond acceptors (Lipinski definition) is 5. The molecule has 0 amide bonds. The minimum Gasteiger partial charge on any atom is -0.493 e. The molecule has 2 aromatic rings. The van der Waals surface area contributed by atoms with Crippen LogP contribution in [-0.4, -0.2) is 28.0 Å². The first-order valence-corrected chi connectivity index (χ1v) is 9.60. The summed E-state index contributed by atoms with van der Waals surface area (Å²) in [6.07, 6.45) is 0.0300. The molecule has 1 aromatic heterocycles. The highest BCUT2D eigenvalue weighted by Crippen LogP contribution is 2.45. The number of methoxy groups -OCH3 is 1. The van der Waals surface area contributed by atoms with Gasteiger partial charge in [-0.3, -0.25) is 14.6 Å². The molecular formula is C19H25N3O3S. The van der Waals surface area contributed by atoms with Crippen LogP contribution in [0.5, 0.6) is 11.5 Å². The summed E-state index contributed by atoms with van der Waals surface area (Å²) < 4.78 is 13.1. The molecule has 3 rings (SSSR count). The SMILES string of the molecule is COc1ccc(C2SC(C)=Nc3c2c(=O)[nH]n3C(C)C)cc1OC(C)C. The third-order valence-corrected chi connectivity index (χ3v) is 5.30. The van der Waals surface area contributed by atoms with Crippen molar-refractivity contribution in [2.24, 2.45) is 4.99 Å². The third-order valence-electron chi connectivity index (χ3n) is 4.12. The standard InChI is InChI=1S/C19H25N3O3S/c1-10(2)22-18-16(19(23)21-22)17(26-12(5)20-18)13-7-8-14(24-6)15(9-13)25-11(3)4/h7-11,17H,1-6H3,(H,21,23). The van der Waals surface area contributed by atoms with Crippen LogP contribution >= 0.6 is 11.8 Å². The fourth-order valence-electron chi connectivity index (χ4n) is 3.02. The highest BCUT2D eigenvalue weighted by molar-refractivity contribution is 8.14. The van der Waals surface area contributed by atoms with Crippen molar-refractivity contribution in [2.75, 3.05) is 7.11 Å². The molecular weight excluding hydrogens is 350 g/mol. The number of rotatable bonds is 5. The van der Waals surface area contributed by atoms with E-state index in [2.05, 4.69) is 10.1 Å². The number of benzene rings is 1. The molecule has 0 saturated heterocycles. The smallest absolute Gasteiger partial charge is 0.271 e. The van der Waals surface area contributed by atoms with E-state index < -0.39 is 0 Å². The Balaban J connectivity index is 2.12. The second-order valence-corrected chi connectivity index (χ2v) is 8.15. The van der Waals surface area contributed by atoms with Gasteiger partial charge < -0.3 is 9.47 Å². The number of nitrogens with zero attached hydrogens (tertiary/aromatic N) is 2. The molecule has 1 aliphatic heterocycles. The Morgan fingerprint density at radius 2 is 1.96 bits per heavy atom. The van der Waals surface area contributed by atoms with Crippen LogP contribution in [0.15, 0.2) is 28.0 Å². The molecule has 0 saturated carbocycles. The Morgan fingerprint density at radius 3 is 2.58 bits per heavy atom. The number of thioether (sulfide) groups is 1. The van der Waals surface area contributed by atoms with Crippen molar-refractivity contribution < 1.29 is 9.47 Å². The Bertz CT molecular complexity index is 896. The van der Waals surface area contributed by atoms with Gasteiger partial charge in [0.2, 0.25) is 0 Å². The van der Waals surface area contributed by atoms with Gasteiger partial charge >= 0.3 is 0 Å². The molecule has 1 aliphatic rings. The molecule has 26 heavy (non-hydrogen) atoms. The zero-order valence-corrected chi connectivity index (χ0v) is 16.8. The van der Waals surface area contributed by atoms with Gasteiger partial charge in [0.25, 0.3) is 5.56 Å². The first kappa shape index (κ1) is 18.6. The number of nitrogens with one attached hydrogen (secondary N) is 1. The van der Waals surface area contributed by atoms with Crippen LogP contribution in [0.1, 0.15) is 57.0 Å². The lowest BCUT2D eigenvalue weighted by atomic mass is 10.1. The van der Waals surface area contributed by atoms with E-state index in [0.29, 0.717) is 22.9 Å². The first-order chi connectivity index (χ1) is 12.3. The van der Waals surface area contributed by atoms with Gasteiger partial charge in [0.1, 0.15) is 0 Å². The van der Waals surface area contributed by atoms with Crippen molar-refractivity contribution in [1.29, 1.82) is 0 Å². The Hall–Kier alpha value is -2.15. The summed E-state index contributed by atoms with van der Waals surface area (Å²) in [5.74, 6) is 2.08. The zero-order chi connectivity index (χ0) is 19.0. The van der Waals surface area contributed by atoms with Crippen LogP contribution in [0.3, 0.4) is 0 Å². The van der Waals surface area contributed by atoms with Gasteiger partial charge in [-0.25, -0.2) is 4.99 Å². The highest BCUT2D eigenvalue weighted by Gasteiger charge is 2.31. The van der Waals surface area contributed by atoms with Crippen molar-refractivity contribution in [3.8, 4) is 11.5 Å². The summed E-state index contributed by atoms with van der Waals surface area (Å²) in [6.45, 7) is 9.98. The van der Waals surface area contributed by atoms with Crippen LogP contribution in [0.4, 0.5) is 5.82 Å². The number of aromatic amines is 1. The van der Waals surface area contributed by atoms with E-state index in [1.165, 1.54) is 0 Å². The largest absolute Gasteiger partial charge is 0.493 e. The number of H-pyrrole nitrogens is 1. The molecule has 0 fully saturated rings. The van der Waals surface area contributed by atoms with E-state index in [-0.39, 0.29) is 23.0 Å². The topological polar surface area (TPSA) is 68.6 Å². The number of ether oxygens (including phenoxy) is 2. The van der Waals surface area contributed by atoms with Crippen molar-refractivity contribution in [1.82, 2.24) is 9.78 Å². The van der Waals surface area contributed by atoms with Crippen LogP contribution in [-0.2, 0) is 0 Å². The number of aliphatic imine (C=N–C) groups is 1. The average Bonchev–Trinajstić information content (AvgIpc) is 2.90. The van der Waals surface area contributed by atoms with Crippen molar-refractivity contribution in [3.63, 3.8) is 0 Å². The Labute approximate surface area is 157 Å². The Morgan fingerprint density at radius 1 is 1.23 bits per heavy atom. The molecule has 140 valence electrons. The summed E-state index contributed by atoms with van der Waals surface area (Å²) in [7, 11) is 1.62. The monoisotopic (exact) mass is 375 g/mol. The summed E-state index contributed by atoms with van der Waals surface area (Å²) in [5, 5.41) is 3.73. The quantitative estimate of drug-likeness (QED) is 0.839. The lowest BCUT2D eigenvalue weighted by molar-refractivity contribution is 0.230. The molecule has 1 atom stereocenters. The van der Waals surface area contributed by atoms with Crippen LogP contribution in [0.25, 0.3) is 0 Å². The molecule has 6 nitrogen and oxygen atoms in total. The summed E-state index contributed by atoms with van der Waals surface area (Å²) >= 11 is 1.58. The van der Waals surface area contributed by atoms with Crippen LogP contribution in [0, 0.1) is 0 Å². The minimum atomic E-state index is -0.133. The number of hydrogen-bond donors (Lipinski definition) is 1. The van der Waals surface area contributed by atoms with Gasteiger partial charge in [0.15, 0.2) is 17.3 Å². The lowest BCUT2D eigenvalue weighted by Gasteiger charge is -2.23. The van der Waals surface area contributed by atoms with E-state index in [9.17, 15) is 4.79 Å². The molecule has 2 heterocycles. The fourth-order valence-corrected chi connectivity index (χ4v) is 4.11. The predicted octanol–water partition coefficient (Wildman–Crippen LogP) is 4.44. The molecule has 7 heteroatoms. The lowest BCUT2D eigenvalue weighted by Crippen LogP contribution is -2.14. The Kier molecular flexibility index (Phi) is 5.18. The zero-order valence-electron chi connectivity index (χ0n) is 16.0. The number of fused-ring (bicyclic) bond motifs is 1. The maximum Gasteiger partial charge on any atom is 0.271 e. The second-order valence-electron chi connectivity index (χ2n) is 6.85. The third kappa shape index (κ3) is 3.40. The molecule has 1 unspecified atom stereocenters. The second kappa shape index (κ2) is 7.23. The molecule has 0 aliphatic carbocycles. The molecule has 1 aromatic carbocycles. The average molecular weight is 375 g/mol. The van der Waals surface area contributed by atoms with E-state index in [4.69, 9.17) is 9.47 Å². The van der Waals surface area contributed by atoms with Crippen molar-refractivity contribution in [3.05, 3.63) is 39.7 Å². The molecule has 0 radical (unpaired) electrons. The van der Waals surface area contributed by atoms with Crippen molar-refractivity contribution >= 4 is 22.6 Å². The fraction of sp³-hybridized carbons (Fsp3) is 0.474. The van der Waals surface area contributed by atoms with E-state index >= 15 is 0 Å². The van der Waals surface area contributed by atoms with E-state index in [1.54, 1.807) is 18.9 Å². The van der Waals surface area contributed by atoms with Crippen molar-refractivity contribution in [2.45, 2.75) is 52.0 Å². The van der Waals surface area contributed by atoms with Crippen LogP contribution < -0.4 is 15.0 Å². The van der Waals surface area contributed by atoms with E-state index in [0.717, 1.165) is 10.6 Å². The van der Waals surface area contributed by atoms with Gasteiger partial charge in [0.05, 0.1) is 29.1 Å². The van der Waals surface area contributed by atoms with Gasteiger partial charge in [-0.15, -0.1) is 0 Å². The normalized spacial score (nSPS) is 16.6. The predicted molar refractivity (Wildman–Crippen MR) is 106 cm³/mol. The summed E-state index contributed by atoms with van der Waals surface area (Å²) in [4.78, 5) is 17.3. The van der Waals surface area contributed by atoms with Gasteiger partial charge in [-0.1, -0.05) is 17.8 Å². The molecule has 0 spiro atoms. The maximum absolute atomic E-state index is 12.7. The summed E-state index contributed by atoms with van der Waals surface area (Å²) in [5.41, 5.74) is 1.59. The highest BCUT2D eigenvalue weighted by atomic mass is 32.2. The van der Waals surface area contributed by atoms with Gasteiger partial charge in [-0.05, 0) is 52.3 Å². The van der Waals surface area contributed by atoms with Gasteiger partial charge in [0, 0.05) is 6.04 Å². The molecule has 1 N–H and O–H groups in total. The molecule has 0 bridgehead atoms.